The Morgan fingerprint density at radius 3 is 2.48 bits per heavy atom. The Morgan fingerprint density at radius 1 is 1.04 bits per heavy atom. The van der Waals surface area contributed by atoms with E-state index >= 15 is 0 Å². The van der Waals surface area contributed by atoms with Crippen molar-refractivity contribution in [1.82, 2.24) is 15.8 Å². The zero-order valence-electron chi connectivity index (χ0n) is 15.2. The highest BCUT2D eigenvalue weighted by atomic mass is 16.5. The number of hydrazine groups is 1. The van der Waals surface area contributed by atoms with Crippen LogP contribution in [0.1, 0.15) is 30.1 Å². The lowest BCUT2D eigenvalue weighted by atomic mass is 9.95. The van der Waals surface area contributed by atoms with Crippen molar-refractivity contribution in [3.05, 3.63) is 48.0 Å². The number of piperidine rings is 1. The molecule has 27 heavy (non-hydrogen) atoms. The fourth-order valence-corrected chi connectivity index (χ4v) is 3.31. The summed E-state index contributed by atoms with van der Waals surface area (Å²) < 4.78 is 4.69. The van der Waals surface area contributed by atoms with E-state index in [0.29, 0.717) is 31.5 Å². The van der Waals surface area contributed by atoms with E-state index in [9.17, 15) is 14.4 Å². The van der Waals surface area contributed by atoms with Gasteiger partial charge >= 0.3 is 6.09 Å². The van der Waals surface area contributed by atoms with Gasteiger partial charge < -0.3 is 9.64 Å². The summed E-state index contributed by atoms with van der Waals surface area (Å²) in [7, 11) is 0. The lowest BCUT2D eigenvalue weighted by Crippen LogP contribution is -2.48. The molecule has 7 nitrogen and oxygen atoms in total. The van der Waals surface area contributed by atoms with Crippen LogP contribution in [0.5, 0.6) is 0 Å². The van der Waals surface area contributed by atoms with Crippen LogP contribution in [0.25, 0.3) is 10.8 Å². The minimum Gasteiger partial charge on any atom is -0.449 e. The number of fused-ring (bicyclic) bond motifs is 1. The van der Waals surface area contributed by atoms with Crippen molar-refractivity contribution in [2.24, 2.45) is 5.92 Å². The van der Waals surface area contributed by atoms with Crippen LogP contribution in [-0.4, -0.2) is 42.5 Å². The third kappa shape index (κ3) is 4.36. The summed E-state index contributed by atoms with van der Waals surface area (Å²) in [5.41, 5.74) is 5.27. The van der Waals surface area contributed by atoms with E-state index in [1.165, 1.54) is 0 Å². The van der Waals surface area contributed by atoms with Gasteiger partial charge in [0.2, 0.25) is 5.91 Å². The highest BCUT2D eigenvalue weighted by Gasteiger charge is 2.28. The molecule has 1 aliphatic rings. The van der Waals surface area contributed by atoms with Crippen LogP contribution >= 0.6 is 0 Å². The first-order valence-corrected chi connectivity index (χ1v) is 9.09. The van der Waals surface area contributed by atoms with Crippen molar-refractivity contribution >= 4 is 28.7 Å². The molecule has 2 aromatic carbocycles. The van der Waals surface area contributed by atoms with Gasteiger partial charge in [0.15, 0.2) is 0 Å². The highest BCUT2D eigenvalue weighted by Crippen LogP contribution is 2.23. The number of hydrogen-bond acceptors (Lipinski definition) is 4. The molecule has 2 aromatic rings. The average molecular weight is 369 g/mol. The van der Waals surface area contributed by atoms with Crippen LogP contribution in [0, 0.1) is 5.92 Å². The minimum atomic E-state index is -0.686. The summed E-state index contributed by atoms with van der Waals surface area (Å²) in [4.78, 5) is 38.1. The van der Waals surface area contributed by atoms with Gasteiger partial charge in [-0.3, -0.25) is 15.0 Å². The predicted octanol–water partition coefficient (Wildman–Crippen LogP) is 2.47. The summed E-state index contributed by atoms with van der Waals surface area (Å²) >= 11 is 0. The van der Waals surface area contributed by atoms with Gasteiger partial charge in [-0.2, -0.15) is 0 Å². The van der Waals surface area contributed by atoms with Crippen LogP contribution < -0.4 is 10.9 Å². The van der Waals surface area contributed by atoms with Gasteiger partial charge in [-0.05, 0) is 36.6 Å². The van der Waals surface area contributed by atoms with Crippen LogP contribution in [0.3, 0.4) is 0 Å². The number of nitrogens with one attached hydrogen (secondary N) is 2. The molecule has 7 heteroatoms. The Bertz CT molecular complexity index is 839. The van der Waals surface area contributed by atoms with Crippen LogP contribution in [0.15, 0.2) is 42.5 Å². The first-order valence-electron chi connectivity index (χ1n) is 9.09. The van der Waals surface area contributed by atoms with E-state index < -0.39 is 6.09 Å². The first kappa shape index (κ1) is 18.7. The Balaban J connectivity index is 1.58. The van der Waals surface area contributed by atoms with E-state index in [2.05, 4.69) is 10.9 Å². The molecule has 1 fully saturated rings. The van der Waals surface area contributed by atoms with E-state index in [-0.39, 0.29) is 24.3 Å². The molecule has 0 aromatic heterocycles. The molecule has 1 aliphatic heterocycles. The number of benzene rings is 2. The van der Waals surface area contributed by atoms with Crippen LogP contribution in [0.2, 0.25) is 0 Å². The number of hydrogen-bond donors (Lipinski definition) is 2. The zero-order chi connectivity index (χ0) is 19.2. The molecule has 3 rings (SSSR count). The summed E-state index contributed by atoms with van der Waals surface area (Å²) in [6.07, 6.45) is 0.411. The number of carbonyl (C=O) groups is 3. The second-order valence-electron chi connectivity index (χ2n) is 6.43. The molecule has 142 valence electrons. The molecule has 0 aliphatic carbocycles. The molecule has 1 saturated heterocycles. The summed E-state index contributed by atoms with van der Waals surface area (Å²) in [5.74, 6) is -0.529. The van der Waals surface area contributed by atoms with Gasteiger partial charge in [-0.15, -0.1) is 0 Å². The molecule has 0 saturated carbocycles. The summed E-state index contributed by atoms with van der Waals surface area (Å²) in [6.45, 7) is 2.92. The molecule has 1 heterocycles. The molecule has 0 radical (unpaired) electrons. The maximum atomic E-state index is 12.9. The molecule has 0 atom stereocenters. The van der Waals surface area contributed by atoms with Crippen LogP contribution in [0.4, 0.5) is 4.79 Å². The maximum absolute atomic E-state index is 12.9. The molecule has 3 amide bonds. The Hall–Kier alpha value is -3.09. The van der Waals surface area contributed by atoms with E-state index in [1.807, 2.05) is 42.5 Å². The van der Waals surface area contributed by atoms with Crippen molar-refractivity contribution in [3.63, 3.8) is 0 Å². The number of rotatable bonds is 3. The number of likely N-dealkylation sites (tertiary alicyclic amines) is 1. The van der Waals surface area contributed by atoms with E-state index in [1.54, 1.807) is 11.8 Å². The number of ether oxygens (including phenoxy) is 1. The quantitative estimate of drug-likeness (QED) is 0.814. The molecule has 0 spiro atoms. The largest absolute Gasteiger partial charge is 0.449 e. The SMILES string of the molecule is CCOC(=O)NNC(=O)C1CCN(C(=O)c2cccc3ccccc23)CC1. The second-order valence-corrected chi connectivity index (χ2v) is 6.43. The van der Waals surface area contributed by atoms with Crippen molar-refractivity contribution in [3.8, 4) is 0 Å². The summed E-state index contributed by atoms with van der Waals surface area (Å²) in [6, 6.07) is 13.5. The third-order valence-corrected chi connectivity index (χ3v) is 4.74. The number of nitrogens with zero attached hydrogens (tertiary/aromatic N) is 1. The number of carbonyl (C=O) groups excluding carboxylic acids is 3. The van der Waals surface area contributed by atoms with Crippen LogP contribution in [-0.2, 0) is 9.53 Å². The van der Waals surface area contributed by atoms with Crippen molar-refractivity contribution in [2.75, 3.05) is 19.7 Å². The average Bonchev–Trinajstić information content (AvgIpc) is 2.71. The van der Waals surface area contributed by atoms with Gasteiger partial charge in [0.1, 0.15) is 0 Å². The Kier molecular flexibility index (Phi) is 5.90. The molecule has 0 bridgehead atoms. The van der Waals surface area contributed by atoms with Crippen molar-refractivity contribution < 1.29 is 19.1 Å². The molecular weight excluding hydrogens is 346 g/mol. The van der Waals surface area contributed by atoms with E-state index in [0.717, 1.165) is 10.8 Å². The smallest absolute Gasteiger partial charge is 0.426 e. The van der Waals surface area contributed by atoms with Gasteiger partial charge in [0, 0.05) is 24.6 Å². The number of amides is 3. The van der Waals surface area contributed by atoms with Gasteiger partial charge in [-0.25, -0.2) is 10.2 Å². The van der Waals surface area contributed by atoms with Gasteiger partial charge in [0.05, 0.1) is 6.61 Å². The highest BCUT2D eigenvalue weighted by molar-refractivity contribution is 6.07. The zero-order valence-corrected chi connectivity index (χ0v) is 15.2. The van der Waals surface area contributed by atoms with Crippen molar-refractivity contribution in [2.45, 2.75) is 19.8 Å². The lowest BCUT2D eigenvalue weighted by molar-refractivity contribution is -0.127. The topological polar surface area (TPSA) is 87.7 Å². The lowest BCUT2D eigenvalue weighted by Gasteiger charge is -2.31. The minimum absolute atomic E-state index is 0.0182. The summed E-state index contributed by atoms with van der Waals surface area (Å²) in [5, 5.41) is 1.96. The Morgan fingerprint density at radius 2 is 1.74 bits per heavy atom. The monoisotopic (exact) mass is 369 g/mol. The maximum Gasteiger partial charge on any atom is 0.426 e. The standard InChI is InChI=1S/C20H23N3O4/c1-2-27-20(26)22-21-18(24)15-10-12-23(13-11-15)19(25)17-9-5-7-14-6-3-4-8-16(14)17/h3-9,15H,2,10-13H2,1H3,(H,21,24)(H,22,26). The third-order valence-electron chi connectivity index (χ3n) is 4.74. The van der Waals surface area contributed by atoms with E-state index in [4.69, 9.17) is 4.74 Å². The molecule has 0 unspecified atom stereocenters. The first-order chi connectivity index (χ1) is 13.1. The molecule has 2 N–H and O–H groups in total. The fraction of sp³-hybridized carbons (Fsp3) is 0.350. The van der Waals surface area contributed by atoms with Gasteiger partial charge in [-0.1, -0.05) is 36.4 Å². The normalized spacial score (nSPS) is 14.6. The van der Waals surface area contributed by atoms with Crippen molar-refractivity contribution in [1.29, 1.82) is 0 Å². The molecular formula is C20H23N3O4. The Labute approximate surface area is 157 Å². The second kappa shape index (κ2) is 8.53. The van der Waals surface area contributed by atoms with Gasteiger partial charge in [0.25, 0.3) is 5.91 Å². The fourth-order valence-electron chi connectivity index (χ4n) is 3.31. The predicted molar refractivity (Wildman–Crippen MR) is 101 cm³/mol.